The zero-order valence-corrected chi connectivity index (χ0v) is 14.1. The number of anilines is 1. The van der Waals surface area contributed by atoms with Crippen LogP contribution in [0.5, 0.6) is 0 Å². The lowest BCUT2D eigenvalue weighted by Crippen LogP contribution is -2.37. The van der Waals surface area contributed by atoms with Crippen LogP contribution in [-0.4, -0.2) is 47.6 Å². The highest BCUT2D eigenvalue weighted by Gasteiger charge is 2.24. The highest BCUT2D eigenvalue weighted by molar-refractivity contribution is 5.78. The average molecular weight is 326 g/mol. The molecule has 3 rings (SSSR count). The van der Waals surface area contributed by atoms with Crippen LogP contribution in [0.3, 0.4) is 0 Å². The Kier molecular flexibility index (Phi) is 5.05. The topological polar surface area (TPSA) is 58.6 Å². The lowest BCUT2D eigenvalue weighted by Gasteiger charge is -2.24. The third kappa shape index (κ3) is 3.71. The Morgan fingerprint density at radius 1 is 1.29 bits per heavy atom. The van der Waals surface area contributed by atoms with Gasteiger partial charge in [-0.25, -0.2) is 4.98 Å². The largest absolute Gasteiger partial charge is 0.375 e. The van der Waals surface area contributed by atoms with Crippen LogP contribution in [0.25, 0.3) is 0 Å². The van der Waals surface area contributed by atoms with Crippen molar-refractivity contribution in [3.05, 3.63) is 53.5 Å². The van der Waals surface area contributed by atoms with Crippen molar-refractivity contribution in [2.24, 2.45) is 0 Å². The number of fused-ring (bicyclic) bond motifs is 1. The van der Waals surface area contributed by atoms with Crippen LogP contribution in [0.4, 0.5) is 5.82 Å². The van der Waals surface area contributed by atoms with Crippen molar-refractivity contribution in [1.82, 2.24) is 14.9 Å². The highest BCUT2D eigenvalue weighted by atomic mass is 16.5. The lowest BCUT2D eigenvalue weighted by atomic mass is 10.2. The molecule has 0 unspecified atom stereocenters. The number of amides is 1. The molecule has 0 aliphatic carbocycles. The van der Waals surface area contributed by atoms with Gasteiger partial charge in [-0.05, 0) is 24.6 Å². The summed E-state index contributed by atoms with van der Waals surface area (Å²) in [6, 6.07) is 8.05. The molecule has 1 aliphatic rings. The van der Waals surface area contributed by atoms with Gasteiger partial charge < -0.3 is 14.5 Å². The van der Waals surface area contributed by atoms with Crippen LogP contribution in [0, 0.1) is 6.92 Å². The SMILES string of the molecule is COCC(=O)N1CCN(Cc2cccnc2)c2nc(C)ccc2C1. The summed E-state index contributed by atoms with van der Waals surface area (Å²) in [4.78, 5) is 25.2. The van der Waals surface area contributed by atoms with Gasteiger partial charge in [0.2, 0.25) is 5.91 Å². The molecule has 6 nitrogen and oxygen atoms in total. The second-order valence-corrected chi connectivity index (χ2v) is 5.97. The number of carbonyl (C=O) groups is 1. The van der Waals surface area contributed by atoms with Gasteiger partial charge >= 0.3 is 0 Å². The third-order valence-electron chi connectivity index (χ3n) is 4.11. The van der Waals surface area contributed by atoms with Crippen molar-refractivity contribution in [3.63, 3.8) is 0 Å². The second-order valence-electron chi connectivity index (χ2n) is 5.97. The van der Waals surface area contributed by atoms with Gasteiger partial charge in [-0.15, -0.1) is 0 Å². The van der Waals surface area contributed by atoms with E-state index in [2.05, 4.69) is 22.0 Å². The van der Waals surface area contributed by atoms with Gasteiger partial charge in [0.25, 0.3) is 0 Å². The minimum Gasteiger partial charge on any atom is -0.375 e. The van der Waals surface area contributed by atoms with E-state index < -0.39 is 0 Å². The van der Waals surface area contributed by atoms with Gasteiger partial charge in [-0.3, -0.25) is 9.78 Å². The zero-order chi connectivity index (χ0) is 16.9. The lowest BCUT2D eigenvalue weighted by molar-refractivity contribution is -0.135. The predicted octanol–water partition coefficient (Wildman–Crippen LogP) is 1.78. The number of methoxy groups -OCH3 is 1. The summed E-state index contributed by atoms with van der Waals surface area (Å²) in [5.74, 6) is 0.957. The monoisotopic (exact) mass is 326 g/mol. The molecule has 0 spiro atoms. The second kappa shape index (κ2) is 7.40. The first-order chi connectivity index (χ1) is 11.7. The summed E-state index contributed by atoms with van der Waals surface area (Å²) in [6.45, 7) is 4.77. The van der Waals surface area contributed by atoms with E-state index in [0.29, 0.717) is 13.1 Å². The fourth-order valence-corrected chi connectivity index (χ4v) is 2.89. The minimum absolute atomic E-state index is 0.00672. The molecule has 0 saturated heterocycles. The number of rotatable bonds is 4. The van der Waals surface area contributed by atoms with E-state index in [1.165, 1.54) is 0 Å². The number of pyridine rings is 2. The maximum atomic E-state index is 12.2. The van der Waals surface area contributed by atoms with Crippen LogP contribution in [0.15, 0.2) is 36.7 Å². The molecule has 0 atom stereocenters. The number of nitrogens with zero attached hydrogens (tertiary/aromatic N) is 4. The van der Waals surface area contributed by atoms with E-state index in [0.717, 1.165) is 35.7 Å². The van der Waals surface area contributed by atoms with Gasteiger partial charge in [0.05, 0.1) is 0 Å². The number of ether oxygens (including phenoxy) is 1. The standard InChI is InChI=1S/C18H22N4O2/c1-14-5-6-16-12-21(17(23)13-24-2)8-9-22(18(16)20-14)11-15-4-3-7-19-10-15/h3-7,10H,8-9,11-13H2,1-2H3. The van der Waals surface area contributed by atoms with Crippen LogP contribution in [0.2, 0.25) is 0 Å². The molecule has 1 amide bonds. The maximum absolute atomic E-state index is 12.2. The number of carbonyl (C=O) groups excluding carboxylic acids is 1. The normalized spacial score (nSPS) is 14.2. The van der Waals surface area contributed by atoms with Gasteiger partial charge in [0, 0.05) is 56.9 Å². The number of aryl methyl sites for hydroxylation is 1. The Labute approximate surface area is 142 Å². The van der Waals surface area contributed by atoms with Crippen LogP contribution < -0.4 is 4.90 Å². The smallest absolute Gasteiger partial charge is 0.248 e. The van der Waals surface area contributed by atoms with Gasteiger partial charge in [0.1, 0.15) is 12.4 Å². The summed E-state index contributed by atoms with van der Waals surface area (Å²) < 4.78 is 5.00. The molecule has 6 heteroatoms. The molecule has 0 fully saturated rings. The Balaban J connectivity index is 1.88. The van der Waals surface area contributed by atoms with Crippen molar-refractivity contribution in [2.45, 2.75) is 20.0 Å². The first-order valence-electron chi connectivity index (χ1n) is 8.04. The fraction of sp³-hybridized carbons (Fsp3) is 0.389. The van der Waals surface area contributed by atoms with E-state index in [4.69, 9.17) is 9.72 Å². The van der Waals surface area contributed by atoms with Gasteiger partial charge in [-0.2, -0.15) is 0 Å². The summed E-state index contributed by atoms with van der Waals surface area (Å²) in [5, 5.41) is 0. The average Bonchev–Trinajstić information content (AvgIpc) is 2.76. The Hall–Kier alpha value is -2.47. The zero-order valence-electron chi connectivity index (χ0n) is 14.1. The summed E-state index contributed by atoms with van der Waals surface area (Å²) >= 11 is 0. The third-order valence-corrected chi connectivity index (χ3v) is 4.11. The molecule has 3 heterocycles. The van der Waals surface area contributed by atoms with E-state index >= 15 is 0 Å². The Morgan fingerprint density at radius 2 is 2.17 bits per heavy atom. The van der Waals surface area contributed by atoms with E-state index in [-0.39, 0.29) is 12.5 Å². The molecule has 0 bridgehead atoms. The van der Waals surface area contributed by atoms with Crippen molar-refractivity contribution < 1.29 is 9.53 Å². The van der Waals surface area contributed by atoms with Crippen LogP contribution >= 0.6 is 0 Å². The molecule has 1 aliphatic heterocycles. The van der Waals surface area contributed by atoms with Gasteiger partial charge in [0.15, 0.2) is 0 Å². The van der Waals surface area contributed by atoms with Gasteiger partial charge in [-0.1, -0.05) is 12.1 Å². The summed E-state index contributed by atoms with van der Waals surface area (Å²) in [6.07, 6.45) is 3.64. The first-order valence-corrected chi connectivity index (χ1v) is 8.04. The van der Waals surface area contributed by atoms with E-state index in [1.54, 1.807) is 13.3 Å². The molecular formula is C18H22N4O2. The summed E-state index contributed by atoms with van der Waals surface area (Å²) in [7, 11) is 1.54. The van der Waals surface area contributed by atoms with Crippen molar-refractivity contribution in [2.75, 3.05) is 31.7 Å². The molecule has 0 N–H and O–H groups in total. The Bertz CT molecular complexity index is 705. The summed E-state index contributed by atoms with van der Waals surface area (Å²) in [5.41, 5.74) is 3.16. The molecule has 0 saturated carbocycles. The molecule has 2 aromatic rings. The fourth-order valence-electron chi connectivity index (χ4n) is 2.89. The van der Waals surface area contributed by atoms with E-state index in [1.807, 2.05) is 30.2 Å². The number of hydrogen-bond donors (Lipinski definition) is 0. The van der Waals surface area contributed by atoms with Crippen molar-refractivity contribution in [3.8, 4) is 0 Å². The minimum atomic E-state index is 0.00672. The molecular weight excluding hydrogens is 304 g/mol. The van der Waals surface area contributed by atoms with E-state index in [9.17, 15) is 4.79 Å². The molecule has 2 aromatic heterocycles. The molecule has 24 heavy (non-hydrogen) atoms. The number of hydrogen-bond acceptors (Lipinski definition) is 5. The number of aromatic nitrogens is 2. The molecule has 126 valence electrons. The van der Waals surface area contributed by atoms with Crippen molar-refractivity contribution >= 4 is 11.7 Å². The van der Waals surface area contributed by atoms with Crippen LogP contribution in [0.1, 0.15) is 16.8 Å². The predicted molar refractivity (Wildman–Crippen MR) is 91.6 cm³/mol. The Morgan fingerprint density at radius 3 is 2.92 bits per heavy atom. The maximum Gasteiger partial charge on any atom is 0.248 e. The highest BCUT2D eigenvalue weighted by Crippen LogP contribution is 2.25. The van der Waals surface area contributed by atoms with Crippen LogP contribution in [-0.2, 0) is 22.6 Å². The molecule has 0 radical (unpaired) electrons. The first kappa shape index (κ1) is 16.4. The van der Waals surface area contributed by atoms with Crippen molar-refractivity contribution in [1.29, 1.82) is 0 Å². The quantitative estimate of drug-likeness (QED) is 0.857. The molecule has 0 aromatic carbocycles.